The first-order chi connectivity index (χ1) is 6.91. The van der Waals surface area contributed by atoms with Crippen LogP contribution >= 0.6 is 0 Å². The zero-order valence-corrected chi connectivity index (χ0v) is 8.27. The Morgan fingerprint density at radius 3 is 2.40 bits per heavy atom. The molecule has 0 saturated heterocycles. The lowest BCUT2D eigenvalue weighted by Gasteiger charge is -2.06. The molecular formula is C11H11F3O. The van der Waals surface area contributed by atoms with E-state index in [1.807, 2.05) is 19.1 Å². The second-order valence-electron chi connectivity index (χ2n) is 3.35. The fraction of sp³-hybridized carbons (Fsp3) is 0.364. The Balaban J connectivity index is 2.59. The molecule has 0 amide bonds. The molecule has 0 bridgehead atoms. The average molecular weight is 216 g/mol. The van der Waals surface area contributed by atoms with Gasteiger partial charge in [0.05, 0.1) is 0 Å². The molecule has 15 heavy (non-hydrogen) atoms. The van der Waals surface area contributed by atoms with Gasteiger partial charge in [0.15, 0.2) is 0 Å². The van der Waals surface area contributed by atoms with Crippen LogP contribution in [0.2, 0.25) is 0 Å². The fourth-order valence-electron chi connectivity index (χ4n) is 1.28. The van der Waals surface area contributed by atoms with Crippen molar-refractivity contribution in [3.05, 3.63) is 35.4 Å². The summed E-state index contributed by atoms with van der Waals surface area (Å²) in [7, 11) is 0. The third-order valence-electron chi connectivity index (χ3n) is 2.20. The van der Waals surface area contributed by atoms with Crippen LogP contribution in [-0.4, -0.2) is 12.0 Å². The topological polar surface area (TPSA) is 17.1 Å². The van der Waals surface area contributed by atoms with Crippen LogP contribution in [0.15, 0.2) is 24.3 Å². The number of aryl methyl sites for hydroxylation is 2. The fourth-order valence-corrected chi connectivity index (χ4v) is 1.28. The summed E-state index contributed by atoms with van der Waals surface area (Å²) in [5.74, 6) is -1.66. The standard InChI is InChI=1S/C11H11F3O/c1-8-4-2-3-5-9(8)6-7-10(15)11(12,13)14/h2-5H,6-7H2,1H3. The van der Waals surface area contributed by atoms with Gasteiger partial charge >= 0.3 is 6.18 Å². The van der Waals surface area contributed by atoms with Crippen LogP contribution in [0, 0.1) is 6.92 Å². The number of ketones is 1. The van der Waals surface area contributed by atoms with Gasteiger partial charge in [0.1, 0.15) is 0 Å². The third-order valence-corrected chi connectivity index (χ3v) is 2.20. The van der Waals surface area contributed by atoms with Crippen molar-refractivity contribution < 1.29 is 18.0 Å². The first kappa shape index (κ1) is 11.8. The molecule has 0 saturated carbocycles. The van der Waals surface area contributed by atoms with Gasteiger partial charge in [-0.25, -0.2) is 0 Å². The first-order valence-electron chi connectivity index (χ1n) is 4.56. The van der Waals surface area contributed by atoms with Gasteiger partial charge in [-0.15, -0.1) is 0 Å². The second-order valence-corrected chi connectivity index (χ2v) is 3.35. The molecule has 0 aliphatic carbocycles. The van der Waals surface area contributed by atoms with E-state index in [9.17, 15) is 18.0 Å². The lowest BCUT2D eigenvalue weighted by Crippen LogP contribution is -2.22. The van der Waals surface area contributed by atoms with Crippen LogP contribution in [0.1, 0.15) is 17.5 Å². The molecule has 0 N–H and O–H groups in total. The predicted octanol–water partition coefficient (Wildman–Crippen LogP) is 3.06. The van der Waals surface area contributed by atoms with Gasteiger partial charge in [0.2, 0.25) is 5.78 Å². The maximum atomic E-state index is 11.9. The van der Waals surface area contributed by atoms with E-state index in [-0.39, 0.29) is 6.42 Å². The number of alkyl halides is 3. The number of halogens is 3. The SMILES string of the molecule is Cc1ccccc1CCC(=O)C(F)(F)F. The van der Waals surface area contributed by atoms with Crippen LogP contribution in [0.5, 0.6) is 0 Å². The molecule has 1 aromatic carbocycles. The number of hydrogen-bond acceptors (Lipinski definition) is 1. The molecule has 1 nitrogen and oxygen atoms in total. The highest BCUT2D eigenvalue weighted by Gasteiger charge is 2.37. The van der Waals surface area contributed by atoms with Crippen LogP contribution in [0.3, 0.4) is 0 Å². The van der Waals surface area contributed by atoms with Crippen molar-refractivity contribution >= 4 is 5.78 Å². The zero-order chi connectivity index (χ0) is 11.5. The van der Waals surface area contributed by atoms with Gasteiger partial charge < -0.3 is 0 Å². The lowest BCUT2D eigenvalue weighted by atomic mass is 10.0. The highest BCUT2D eigenvalue weighted by atomic mass is 19.4. The normalized spacial score (nSPS) is 11.5. The van der Waals surface area contributed by atoms with Crippen molar-refractivity contribution in [2.75, 3.05) is 0 Å². The maximum absolute atomic E-state index is 11.9. The molecule has 0 unspecified atom stereocenters. The summed E-state index contributed by atoms with van der Waals surface area (Å²) in [5, 5.41) is 0. The molecule has 0 atom stereocenters. The number of rotatable bonds is 3. The van der Waals surface area contributed by atoms with Crippen LogP contribution in [0.4, 0.5) is 13.2 Å². The van der Waals surface area contributed by atoms with Gasteiger partial charge in [0, 0.05) is 6.42 Å². The van der Waals surface area contributed by atoms with E-state index < -0.39 is 18.4 Å². The maximum Gasteiger partial charge on any atom is 0.449 e. The second kappa shape index (κ2) is 4.47. The van der Waals surface area contributed by atoms with E-state index in [0.717, 1.165) is 11.1 Å². The molecule has 0 aromatic heterocycles. The summed E-state index contributed by atoms with van der Waals surface area (Å²) < 4.78 is 35.7. The van der Waals surface area contributed by atoms with E-state index in [2.05, 4.69) is 0 Å². The molecule has 4 heteroatoms. The smallest absolute Gasteiger partial charge is 0.290 e. The minimum atomic E-state index is -4.71. The van der Waals surface area contributed by atoms with Gasteiger partial charge in [-0.05, 0) is 24.5 Å². The number of carbonyl (C=O) groups is 1. The Labute approximate surface area is 85.9 Å². The Hall–Kier alpha value is -1.32. The van der Waals surface area contributed by atoms with E-state index in [4.69, 9.17) is 0 Å². The van der Waals surface area contributed by atoms with Gasteiger partial charge in [-0.3, -0.25) is 4.79 Å². The number of benzene rings is 1. The summed E-state index contributed by atoms with van der Waals surface area (Å²) in [4.78, 5) is 10.6. The molecule has 0 fully saturated rings. The van der Waals surface area contributed by atoms with E-state index in [1.54, 1.807) is 12.1 Å². The molecule has 0 heterocycles. The molecule has 1 aromatic rings. The van der Waals surface area contributed by atoms with Gasteiger partial charge in [-0.2, -0.15) is 13.2 Å². The molecule has 0 aliphatic heterocycles. The first-order valence-corrected chi connectivity index (χ1v) is 4.56. The van der Waals surface area contributed by atoms with Crippen molar-refractivity contribution in [2.24, 2.45) is 0 Å². The van der Waals surface area contributed by atoms with Crippen molar-refractivity contribution in [2.45, 2.75) is 25.9 Å². The largest absolute Gasteiger partial charge is 0.449 e. The number of hydrogen-bond donors (Lipinski definition) is 0. The summed E-state index contributed by atoms with van der Waals surface area (Å²) in [6, 6.07) is 7.11. The highest BCUT2D eigenvalue weighted by Crippen LogP contribution is 2.19. The van der Waals surface area contributed by atoms with Crippen LogP contribution < -0.4 is 0 Å². The average Bonchev–Trinajstić information content (AvgIpc) is 2.14. The third kappa shape index (κ3) is 3.38. The summed E-state index contributed by atoms with van der Waals surface area (Å²) in [5.41, 5.74) is 1.70. The van der Waals surface area contributed by atoms with Crippen molar-refractivity contribution in [3.63, 3.8) is 0 Å². The minimum absolute atomic E-state index is 0.144. The Bertz CT molecular complexity index is 355. The zero-order valence-electron chi connectivity index (χ0n) is 8.27. The summed E-state index contributed by atoms with van der Waals surface area (Å²) >= 11 is 0. The lowest BCUT2D eigenvalue weighted by molar-refractivity contribution is -0.171. The molecule has 0 spiro atoms. The monoisotopic (exact) mass is 216 g/mol. The van der Waals surface area contributed by atoms with Crippen LogP contribution in [-0.2, 0) is 11.2 Å². The quantitative estimate of drug-likeness (QED) is 0.758. The minimum Gasteiger partial charge on any atom is -0.290 e. The molecular weight excluding hydrogens is 205 g/mol. The van der Waals surface area contributed by atoms with Crippen LogP contribution in [0.25, 0.3) is 0 Å². The highest BCUT2D eigenvalue weighted by molar-refractivity contribution is 5.84. The summed E-state index contributed by atoms with van der Waals surface area (Å²) in [6.07, 6.45) is -5.04. The van der Waals surface area contributed by atoms with E-state index in [0.29, 0.717) is 0 Å². The van der Waals surface area contributed by atoms with Crippen molar-refractivity contribution in [3.8, 4) is 0 Å². The Morgan fingerprint density at radius 2 is 1.87 bits per heavy atom. The van der Waals surface area contributed by atoms with E-state index >= 15 is 0 Å². The Kier molecular flexibility index (Phi) is 3.50. The molecule has 1 rings (SSSR count). The molecule has 0 radical (unpaired) electrons. The van der Waals surface area contributed by atoms with Gasteiger partial charge in [0.25, 0.3) is 0 Å². The number of carbonyl (C=O) groups excluding carboxylic acids is 1. The number of Topliss-reactive ketones (excluding diaryl/α,β-unsaturated/α-hetero) is 1. The van der Waals surface area contributed by atoms with Gasteiger partial charge in [-0.1, -0.05) is 24.3 Å². The van der Waals surface area contributed by atoms with Crippen molar-refractivity contribution in [1.29, 1.82) is 0 Å². The van der Waals surface area contributed by atoms with Crippen molar-refractivity contribution in [1.82, 2.24) is 0 Å². The molecule has 82 valence electrons. The summed E-state index contributed by atoms with van der Waals surface area (Å²) in [6.45, 7) is 1.81. The van der Waals surface area contributed by atoms with E-state index in [1.165, 1.54) is 0 Å². The molecule has 0 aliphatic rings. The Morgan fingerprint density at radius 1 is 1.27 bits per heavy atom. The predicted molar refractivity (Wildman–Crippen MR) is 50.6 cm³/mol.